The summed E-state index contributed by atoms with van der Waals surface area (Å²) >= 11 is 0. The number of benzene rings is 1. The van der Waals surface area contributed by atoms with Crippen molar-refractivity contribution >= 4 is 0 Å². The maximum absolute atomic E-state index is 4.46. The molecule has 1 N–H and O–H groups in total. The Morgan fingerprint density at radius 2 is 2.32 bits per heavy atom. The highest BCUT2D eigenvalue weighted by Crippen LogP contribution is 2.20. The lowest BCUT2D eigenvalue weighted by Crippen LogP contribution is -2.25. The summed E-state index contributed by atoms with van der Waals surface area (Å²) in [6.07, 6.45) is 7.37. The van der Waals surface area contributed by atoms with Gasteiger partial charge in [-0.15, -0.1) is 0 Å². The first kappa shape index (κ1) is 12.4. The molecule has 0 saturated carbocycles. The van der Waals surface area contributed by atoms with E-state index in [1.807, 2.05) is 6.20 Å². The standard InChI is InChI=1S/C16H21N3/c1-2-4-16-18-9-10-19(16)12-14-6-3-5-13-11-17-8-7-15(13)14/h3,5-6,9-10,17H,2,4,7-8,11-12H2,1H3. The van der Waals surface area contributed by atoms with Crippen molar-refractivity contribution in [3.05, 3.63) is 53.1 Å². The Hall–Kier alpha value is -1.61. The average Bonchev–Trinajstić information content (AvgIpc) is 2.87. The molecule has 3 heteroatoms. The van der Waals surface area contributed by atoms with Crippen LogP contribution in [0.4, 0.5) is 0 Å². The van der Waals surface area contributed by atoms with Gasteiger partial charge in [-0.2, -0.15) is 0 Å². The Morgan fingerprint density at radius 1 is 1.37 bits per heavy atom. The van der Waals surface area contributed by atoms with E-state index in [1.54, 1.807) is 0 Å². The maximum atomic E-state index is 4.46. The number of aryl methyl sites for hydroxylation is 1. The van der Waals surface area contributed by atoms with Gasteiger partial charge in [0.05, 0.1) is 0 Å². The zero-order valence-corrected chi connectivity index (χ0v) is 11.5. The third kappa shape index (κ3) is 2.56. The molecule has 2 aromatic rings. The fourth-order valence-electron chi connectivity index (χ4n) is 2.88. The predicted octanol–water partition coefficient (Wildman–Crippen LogP) is 2.53. The van der Waals surface area contributed by atoms with Gasteiger partial charge in [-0.05, 0) is 36.1 Å². The van der Waals surface area contributed by atoms with Gasteiger partial charge in [0, 0.05) is 31.9 Å². The van der Waals surface area contributed by atoms with Gasteiger partial charge in [0.1, 0.15) is 5.82 Å². The minimum atomic E-state index is 0.957. The van der Waals surface area contributed by atoms with Crippen LogP contribution in [0, 0.1) is 0 Å². The smallest absolute Gasteiger partial charge is 0.108 e. The number of imidazole rings is 1. The topological polar surface area (TPSA) is 29.9 Å². The van der Waals surface area contributed by atoms with E-state index in [-0.39, 0.29) is 0 Å². The lowest BCUT2D eigenvalue weighted by atomic mass is 9.95. The van der Waals surface area contributed by atoms with E-state index in [0.29, 0.717) is 0 Å². The highest BCUT2D eigenvalue weighted by atomic mass is 15.1. The summed E-state index contributed by atoms with van der Waals surface area (Å²) in [6.45, 7) is 5.26. The highest BCUT2D eigenvalue weighted by Gasteiger charge is 2.13. The van der Waals surface area contributed by atoms with Crippen LogP contribution in [0.15, 0.2) is 30.6 Å². The van der Waals surface area contributed by atoms with Crippen LogP contribution in [0.1, 0.15) is 35.9 Å². The monoisotopic (exact) mass is 255 g/mol. The first-order valence-electron chi connectivity index (χ1n) is 7.19. The Morgan fingerprint density at radius 3 is 3.21 bits per heavy atom. The van der Waals surface area contributed by atoms with Crippen LogP contribution in [0.5, 0.6) is 0 Å². The molecule has 100 valence electrons. The molecule has 0 bridgehead atoms. The minimum Gasteiger partial charge on any atom is -0.331 e. The van der Waals surface area contributed by atoms with E-state index >= 15 is 0 Å². The van der Waals surface area contributed by atoms with Crippen molar-refractivity contribution in [2.75, 3.05) is 6.54 Å². The summed E-state index contributed by atoms with van der Waals surface area (Å²) < 4.78 is 2.29. The summed E-state index contributed by atoms with van der Waals surface area (Å²) in [5.41, 5.74) is 4.45. The molecule has 1 aromatic heterocycles. The van der Waals surface area contributed by atoms with E-state index < -0.39 is 0 Å². The van der Waals surface area contributed by atoms with Gasteiger partial charge >= 0.3 is 0 Å². The van der Waals surface area contributed by atoms with E-state index in [9.17, 15) is 0 Å². The largest absolute Gasteiger partial charge is 0.331 e. The van der Waals surface area contributed by atoms with Gasteiger partial charge in [-0.3, -0.25) is 0 Å². The summed E-state index contributed by atoms with van der Waals surface area (Å²) in [6, 6.07) is 6.68. The first-order valence-corrected chi connectivity index (χ1v) is 7.19. The molecule has 0 fully saturated rings. The fraction of sp³-hybridized carbons (Fsp3) is 0.438. The number of aromatic nitrogens is 2. The number of rotatable bonds is 4. The fourth-order valence-corrected chi connectivity index (χ4v) is 2.88. The van der Waals surface area contributed by atoms with Gasteiger partial charge in [0.25, 0.3) is 0 Å². The number of fused-ring (bicyclic) bond motifs is 1. The Bertz CT molecular complexity index is 557. The lowest BCUT2D eigenvalue weighted by Gasteiger charge is -2.21. The molecule has 19 heavy (non-hydrogen) atoms. The number of nitrogens with one attached hydrogen (secondary N) is 1. The molecule has 0 unspecified atom stereocenters. The van der Waals surface area contributed by atoms with Crippen molar-refractivity contribution in [1.82, 2.24) is 14.9 Å². The van der Waals surface area contributed by atoms with Crippen molar-refractivity contribution < 1.29 is 0 Å². The average molecular weight is 255 g/mol. The molecule has 1 aliphatic heterocycles. The molecular weight excluding hydrogens is 234 g/mol. The van der Waals surface area contributed by atoms with Crippen LogP contribution in [0.2, 0.25) is 0 Å². The van der Waals surface area contributed by atoms with Crippen LogP contribution in [0.3, 0.4) is 0 Å². The zero-order chi connectivity index (χ0) is 13.1. The van der Waals surface area contributed by atoms with Gasteiger partial charge in [-0.25, -0.2) is 4.98 Å². The molecule has 1 aliphatic rings. The normalized spacial score (nSPS) is 14.4. The highest BCUT2D eigenvalue weighted by molar-refractivity contribution is 5.37. The second kappa shape index (κ2) is 5.57. The zero-order valence-electron chi connectivity index (χ0n) is 11.5. The molecule has 0 radical (unpaired) electrons. The SMILES string of the molecule is CCCc1nccn1Cc1cccc2c1CCNC2. The van der Waals surface area contributed by atoms with Gasteiger partial charge in [0.15, 0.2) is 0 Å². The Kier molecular flexibility index (Phi) is 3.65. The Balaban J connectivity index is 1.88. The van der Waals surface area contributed by atoms with Crippen molar-refractivity contribution in [2.24, 2.45) is 0 Å². The lowest BCUT2D eigenvalue weighted by molar-refractivity contribution is 0.629. The van der Waals surface area contributed by atoms with Crippen molar-refractivity contribution in [3.63, 3.8) is 0 Å². The molecule has 1 aromatic carbocycles. The molecule has 0 amide bonds. The molecule has 0 aliphatic carbocycles. The molecule has 2 heterocycles. The molecular formula is C16H21N3. The van der Waals surface area contributed by atoms with Gasteiger partial charge in [-0.1, -0.05) is 25.1 Å². The number of hydrogen-bond acceptors (Lipinski definition) is 2. The van der Waals surface area contributed by atoms with E-state index in [0.717, 1.165) is 38.9 Å². The van der Waals surface area contributed by atoms with Crippen LogP contribution < -0.4 is 5.32 Å². The van der Waals surface area contributed by atoms with Crippen LogP contribution >= 0.6 is 0 Å². The molecule has 0 spiro atoms. The maximum Gasteiger partial charge on any atom is 0.108 e. The molecule has 3 nitrogen and oxygen atoms in total. The second-order valence-corrected chi connectivity index (χ2v) is 5.20. The molecule has 3 rings (SSSR count). The summed E-state index contributed by atoms with van der Waals surface area (Å²) in [7, 11) is 0. The Labute approximate surface area is 114 Å². The molecule has 0 atom stereocenters. The third-order valence-corrected chi connectivity index (χ3v) is 3.85. The summed E-state index contributed by atoms with van der Waals surface area (Å²) in [5.74, 6) is 1.20. The summed E-state index contributed by atoms with van der Waals surface area (Å²) in [5, 5.41) is 3.44. The van der Waals surface area contributed by atoms with Crippen LogP contribution in [-0.4, -0.2) is 16.1 Å². The van der Waals surface area contributed by atoms with E-state index in [1.165, 1.54) is 22.5 Å². The van der Waals surface area contributed by atoms with Crippen molar-refractivity contribution in [2.45, 2.75) is 39.3 Å². The van der Waals surface area contributed by atoms with Crippen LogP contribution in [-0.2, 0) is 25.9 Å². The molecule has 0 saturated heterocycles. The van der Waals surface area contributed by atoms with Gasteiger partial charge < -0.3 is 9.88 Å². The number of hydrogen-bond donors (Lipinski definition) is 1. The predicted molar refractivity (Wildman–Crippen MR) is 77.2 cm³/mol. The van der Waals surface area contributed by atoms with Gasteiger partial charge in [0.2, 0.25) is 0 Å². The summed E-state index contributed by atoms with van der Waals surface area (Å²) in [4.78, 5) is 4.46. The van der Waals surface area contributed by atoms with E-state index in [2.05, 4.69) is 46.2 Å². The minimum absolute atomic E-state index is 0.957. The quantitative estimate of drug-likeness (QED) is 0.910. The second-order valence-electron chi connectivity index (χ2n) is 5.20. The van der Waals surface area contributed by atoms with Crippen LogP contribution in [0.25, 0.3) is 0 Å². The third-order valence-electron chi connectivity index (χ3n) is 3.85. The van der Waals surface area contributed by atoms with Crippen molar-refractivity contribution in [1.29, 1.82) is 0 Å². The van der Waals surface area contributed by atoms with E-state index in [4.69, 9.17) is 0 Å². The van der Waals surface area contributed by atoms with Crippen molar-refractivity contribution in [3.8, 4) is 0 Å². The number of nitrogens with zero attached hydrogens (tertiary/aromatic N) is 2. The first-order chi connectivity index (χ1) is 9.38.